The summed E-state index contributed by atoms with van der Waals surface area (Å²) in [5.74, 6) is -0.564. The molecule has 4 rings (SSSR count). The molecule has 0 spiro atoms. The summed E-state index contributed by atoms with van der Waals surface area (Å²) < 4.78 is 13.7. The van der Waals surface area contributed by atoms with E-state index in [2.05, 4.69) is 10.3 Å². The minimum Gasteiger partial charge on any atom is -0.358 e. The van der Waals surface area contributed by atoms with Gasteiger partial charge in [-0.05, 0) is 62.4 Å². The number of H-pyrrole nitrogens is 1. The number of aromatic nitrogens is 1. The number of aryl methyl sites for hydroxylation is 1. The molecule has 2 N–H and O–H groups in total. The zero-order chi connectivity index (χ0) is 20.4. The van der Waals surface area contributed by atoms with Gasteiger partial charge in [0.2, 0.25) is 0 Å². The number of halogens is 1. The van der Waals surface area contributed by atoms with Crippen LogP contribution in [0.25, 0.3) is 11.6 Å². The van der Waals surface area contributed by atoms with Crippen molar-refractivity contribution in [1.82, 2.24) is 4.98 Å². The number of carbonyl (C=O) groups is 2. The lowest BCUT2D eigenvalue weighted by atomic mass is 9.91. The summed E-state index contributed by atoms with van der Waals surface area (Å²) in [6.45, 7) is 2.73. The molecular weight excluding hydrogens is 375 g/mol. The van der Waals surface area contributed by atoms with Crippen LogP contribution in [0.1, 0.15) is 59.1 Å². The summed E-state index contributed by atoms with van der Waals surface area (Å²) in [7, 11) is 0. The number of Topliss-reactive ketones (excluding diaryl/α,β-unsaturated/α-hetero) is 1. The van der Waals surface area contributed by atoms with Crippen LogP contribution in [0, 0.1) is 5.82 Å². The standard InChI is InChI=1S/C22H23FN2O4/c1-2-28-29-10-4-5-14-19(24-18-6-3-7-20(26)21(14)18)12-16-15-11-13(23)8-9-17(15)25-22(16)27/h8-9,11-12,24H,2-7,10H2,1H3,(H,25,27)/b16-12-. The van der Waals surface area contributed by atoms with Crippen molar-refractivity contribution in [3.05, 3.63) is 52.1 Å². The summed E-state index contributed by atoms with van der Waals surface area (Å²) in [5, 5.41) is 2.76. The number of hydrogen-bond donors (Lipinski definition) is 2. The van der Waals surface area contributed by atoms with E-state index in [0.717, 1.165) is 35.4 Å². The molecule has 0 saturated carbocycles. The number of benzene rings is 1. The molecule has 0 bridgehead atoms. The number of fused-ring (bicyclic) bond motifs is 2. The zero-order valence-electron chi connectivity index (χ0n) is 16.3. The highest BCUT2D eigenvalue weighted by atomic mass is 19.1. The molecule has 0 saturated heterocycles. The Hall–Kier alpha value is -2.77. The molecule has 29 heavy (non-hydrogen) atoms. The average molecular weight is 398 g/mol. The Morgan fingerprint density at radius 2 is 2.07 bits per heavy atom. The van der Waals surface area contributed by atoms with Crippen LogP contribution < -0.4 is 5.32 Å². The lowest BCUT2D eigenvalue weighted by molar-refractivity contribution is -0.291. The minimum absolute atomic E-state index is 0.121. The van der Waals surface area contributed by atoms with E-state index in [4.69, 9.17) is 9.78 Å². The Kier molecular flexibility index (Phi) is 5.60. The molecule has 0 atom stereocenters. The number of anilines is 1. The average Bonchev–Trinajstić information content (AvgIpc) is 3.20. The molecule has 1 aliphatic carbocycles. The van der Waals surface area contributed by atoms with Gasteiger partial charge in [0, 0.05) is 34.6 Å². The first-order valence-electron chi connectivity index (χ1n) is 9.92. The molecule has 1 aromatic heterocycles. The fourth-order valence-electron chi connectivity index (χ4n) is 3.97. The normalized spacial score (nSPS) is 16.8. The van der Waals surface area contributed by atoms with Crippen molar-refractivity contribution < 1.29 is 23.8 Å². The van der Waals surface area contributed by atoms with Gasteiger partial charge in [-0.15, -0.1) is 0 Å². The summed E-state index contributed by atoms with van der Waals surface area (Å²) >= 11 is 0. The predicted molar refractivity (Wildman–Crippen MR) is 107 cm³/mol. The Bertz CT molecular complexity index is 993. The molecule has 6 nitrogen and oxygen atoms in total. The SMILES string of the molecule is CCOOCCCc1c(/C=C2\C(=O)Nc3ccc(F)cc32)[nH]c2c1C(=O)CCC2. The summed E-state index contributed by atoms with van der Waals surface area (Å²) in [4.78, 5) is 38.4. The van der Waals surface area contributed by atoms with Gasteiger partial charge in [0.15, 0.2) is 5.78 Å². The largest absolute Gasteiger partial charge is 0.358 e. The van der Waals surface area contributed by atoms with Crippen LogP contribution in [0.5, 0.6) is 0 Å². The van der Waals surface area contributed by atoms with E-state index in [9.17, 15) is 14.0 Å². The van der Waals surface area contributed by atoms with E-state index < -0.39 is 5.82 Å². The Morgan fingerprint density at radius 3 is 2.90 bits per heavy atom. The second-order valence-electron chi connectivity index (χ2n) is 7.18. The topological polar surface area (TPSA) is 80.4 Å². The molecule has 0 fully saturated rings. The summed E-state index contributed by atoms with van der Waals surface area (Å²) in [6.07, 6.45) is 5.14. The third-order valence-corrected chi connectivity index (χ3v) is 5.23. The van der Waals surface area contributed by atoms with Gasteiger partial charge in [-0.3, -0.25) is 9.59 Å². The molecule has 0 unspecified atom stereocenters. The zero-order valence-corrected chi connectivity index (χ0v) is 16.3. The van der Waals surface area contributed by atoms with Gasteiger partial charge in [0.1, 0.15) is 5.82 Å². The van der Waals surface area contributed by atoms with Crippen LogP contribution >= 0.6 is 0 Å². The maximum atomic E-state index is 13.7. The quantitative estimate of drug-likeness (QED) is 0.319. The first-order chi connectivity index (χ1) is 14.1. The third kappa shape index (κ3) is 3.88. The first kappa shape index (κ1) is 19.5. The van der Waals surface area contributed by atoms with Gasteiger partial charge < -0.3 is 10.3 Å². The number of amides is 1. The van der Waals surface area contributed by atoms with Gasteiger partial charge >= 0.3 is 0 Å². The lowest BCUT2D eigenvalue weighted by Crippen LogP contribution is -2.11. The van der Waals surface area contributed by atoms with Gasteiger partial charge in [0.25, 0.3) is 5.91 Å². The molecule has 1 amide bonds. The molecular formula is C22H23FN2O4. The molecule has 0 radical (unpaired) electrons. The van der Waals surface area contributed by atoms with Crippen molar-refractivity contribution in [2.45, 2.75) is 39.0 Å². The highest BCUT2D eigenvalue weighted by Gasteiger charge is 2.28. The van der Waals surface area contributed by atoms with E-state index in [0.29, 0.717) is 49.3 Å². The maximum Gasteiger partial charge on any atom is 0.256 e. The summed E-state index contributed by atoms with van der Waals surface area (Å²) in [6, 6.07) is 4.22. The second kappa shape index (κ2) is 8.31. The van der Waals surface area contributed by atoms with Crippen LogP contribution in [0.2, 0.25) is 0 Å². The second-order valence-corrected chi connectivity index (χ2v) is 7.18. The van der Waals surface area contributed by atoms with Gasteiger partial charge in [-0.1, -0.05) is 0 Å². The van der Waals surface area contributed by atoms with Crippen molar-refractivity contribution in [1.29, 1.82) is 0 Å². The fourth-order valence-corrected chi connectivity index (χ4v) is 3.97. The Labute approximate surface area is 168 Å². The van der Waals surface area contributed by atoms with Crippen LogP contribution in [0.4, 0.5) is 10.1 Å². The highest BCUT2D eigenvalue weighted by molar-refractivity contribution is 6.34. The first-order valence-corrected chi connectivity index (χ1v) is 9.92. The summed E-state index contributed by atoms with van der Waals surface area (Å²) in [5.41, 5.74) is 4.75. The molecule has 7 heteroatoms. The van der Waals surface area contributed by atoms with E-state index in [1.54, 1.807) is 12.1 Å². The minimum atomic E-state index is -0.402. The fraction of sp³-hybridized carbons (Fsp3) is 0.364. The molecule has 2 aliphatic rings. The molecule has 152 valence electrons. The monoisotopic (exact) mass is 398 g/mol. The van der Waals surface area contributed by atoms with Crippen molar-refractivity contribution in [3.63, 3.8) is 0 Å². The van der Waals surface area contributed by atoms with E-state index in [-0.39, 0.29) is 11.7 Å². The van der Waals surface area contributed by atoms with E-state index in [1.807, 2.05) is 6.92 Å². The Balaban J connectivity index is 1.70. The van der Waals surface area contributed by atoms with Gasteiger partial charge in [0.05, 0.1) is 18.8 Å². The third-order valence-electron chi connectivity index (χ3n) is 5.23. The maximum absolute atomic E-state index is 13.7. The van der Waals surface area contributed by atoms with Gasteiger partial charge in [-0.2, -0.15) is 0 Å². The number of rotatable bonds is 7. The smallest absolute Gasteiger partial charge is 0.256 e. The van der Waals surface area contributed by atoms with Crippen LogP contribution in [-0.2, 0) is 27.4 Å². The lowest BCUT2D eigenvalue weighted by Gasteiger charge is -2.11. The number of aromatic amines is 1. The van der Waals surface area contributed by atoms with Crippen LogP contribution in [0.15, 0.2) is 18.2 Å². The van der Waals surface area contributed by atoms with E-state index >= 15 is 0 Å². The molecule has 2 heterocycles. The number of hydrogen-bond acceptors (Lipinski definition) is 4. The van der Waals surface area contributed by atoms with Crippen LogP contribution in [0.3, 0.4) is 0 Å². The molecule has 2 aromatic rings. The van der Waals surface area contributed by atoms with Crippen LogP contribution in [-0.4, -0.2) is 29.9 Å². The van der Waals surface area contributed by atoms with Crippen molar-refractivity contribution >= 4 is 29.0 Å². The predicted octanol–water partition coefficient (Wildman–Crippen LogP) is 4.07. The van der Waals surface area contributed by atoms with Crippen molar-refractivity contribution in [3.8, 4) is 0 Å². The van der Waals surface area contributed by atoms with Crippen molar-refractivity contribution in [2.24, 2.45) is 0 Å². The number of nitrogens with one attached hydrogen (secondary N) is 2. The molecule has 1 aromatic carbocycles. The van der Waals surface area contributed by atoms with Gasteiger partial charge in [-0.25, -0.2) is 14.2 Å². The van der Waals surface area contributed by atoms with Crippen molar-refractivity contribution in [2.75, 3.05) is 18.5 Å². The number of carbonyl (C=O) groups excluding carboxylic acids is 2. The Morgan fingerprint density at radius 1 is 1.21 bits per heavy atom. The molecule has 1 aliphatic heterocycles. The number of ketones is 1. The highest BCUT2D eigenvalue weighted by Crippen LogP contribution is 2.36. The van der Waals surface area contributed by atoms with E-state index in [1.165, 1.54) is 12.1 Å².